The van der Waals surface area contributed by atoms with Crippen LogP contribution in [0.25, 0.3) is 0 Å². The van der Waals surface area contributed by atoms with Crippen LogP contribution < -0.4 is 0 Å². The molecular formula is C20H24O2. The summed E-state index contributed by atoms with van der Waals surface area (Å²) in [6.07, 6.45) is 3.13. The van der Waals surface area contributed by atoms with Crippen molar-refractivity contribution in [3.63, 3.8) is 0 Å². The van der Waals surface area contributed by atoms with Crippen LogP contribution in [0.4, 0.5) is 0 Å². The molecule has 2 rings (SSSR count). The fourth-order valence-electron chi connectivity index (χ4n) is 2.49. The molecule has 0 aliphatic heterocycles. The van der Waals surface area contributed by atoms with Crippen molar-refractivity contribution in [3.8, 4) is 0 Å². The molecule has 2 aromatic rings. The van der Waals surface area contributed by atoms with Gasteiger partial charge in [0.25, 0.3) is 0 Å². The maximum absolute atomic E-state index is 10.4. The second kappa shape index (κ2) is 9.19. The van der Waals surface area contributed by atoms with E-state index in [1.54, 1.807) is 0 Å². The fraction of sp³-hybridized carbons (Fsp3) is 0.300. The minimum atomic E-state index is -0.493. The van der Waals surface area contributed by atoms with Gasteiger partial charge in [-0.1, -0.05) is 66.7 Å². The molecule has 0 aliphatic rings. The van der Waals surface area contributed by atoms with E-state index in [-0.39, 0.29) is 5.92 Å². The molecule has 2 aromatic carbocycles. The molecule has 0 amide bonds. The second-order valence-corrected chi connectivity index (χ2v) is 5.44. The van der Waals surface area contributed by atoms with E-state index in [2.05, 4.69) is 18.7 Å². The molecule has 0 spiro atoms. The minimum absolute atomic E-state index is 0.0581. The van der Waals surface area contributed by atoms with E-state index in [0.29, 0.717) is 13.2 Å². The van der Waals surface area contributed by atoms with Crippen LogP contribution >= 0.6 is 0 Å². The molecule has 2 atom stereocenters. The Hall–Kier alpha value is -1.90. The summed E-state index contributed by atoms with van der Waals surface area (Å²) in [5.41, 5.74) is 2.13. The smallest absolute Gasteiger partial charge is 0.0852 e. The highest BCUT2D eigenvalue weighted by Crippen LogP contribution is 2.26. The first kappa shape index (κ1) is 16.5. The summed E-state index contributed by atoms with van der Waals surface area (Å²) in [6.45, 7) is 5.19. The van der Waals surface area contributed by atoms with Gasteiger partial charge in [-0.25, -0.2) is 0 Å². The summed E-state index contributed by atoms with van der Waals surface area (Å²) in [7, 11) is 0. The molecule has 0 unspecified atom stereocenters. The first-order valence-electron chi connectivity index (χ1n) is 7.78. The van der Waals surface area contributed by atoms with Gasteiger partial charge in [0, 0.05) is 12.5 Å². The maximum atomic E-state index is 10.4. The third-order valence-corrected chi connectivity index (χ3v) is 3.79. The van der Waals surface area contributed by atoms with Gasteiger partial charge in [-0.2, -0.15) is 0 Å². The Bertz CT molecular complexity index is 536. The van der Waals surface area contributed by atoms with E-state index in [9.17, 15) is 5.11 Å². The molecule has 2 nitrogen and oxygen atoms in total. The Morgan fingerprint density at radius 2 is 1.64 bits per heavy atom. The zero-order valence-electron chi connectivity index (χ0n) is 12.9. The summed E-state index contributed by atoms with van der Waals surface area (Å²) in [4.78, 5) is 0. The number of benzene rings is 2. The highest BCUT2D eigenvalue weighted by atomic mass is 16.5. The number of hydrogen-bond acceptors (Lipinski definition) is 2. The summed E-state index contributed by atoms with van der Waals surface area (Å²) in [6, 6.07) is 19.9. The van der Waals surface area contributed by atoms with Crippen molar-refractivity contribution in [2.75, 3.05) is 6.61 Å². The molecule has 0 saturated carbocycles. The van der Waals surface area contributed by atoms with E-state index >= 15 is 0 Å². The van der Waals surface area contributed by atoms with Gasteiger partial charge < -0.3 is 9.84 Å². The van der Waals surface area contributed by atoms with E-state index in [0.717, 1.165) is 18.4 Å². The lowest BCUT2D eigenvalue weighted by molar-refractivity contribution is 0.0953. The van der Waals surface area contributed by atoms with Gasteiger partial charge in [0.05, 0.1) is 12.7 Å². The van der Waals surface area contributed by atoms with Gasteiger partial charge >= 0.3 is 0 Å². The van der Waals surface area contributed by atoms with Gasteiger partial charge in [-0.15, -0.1) is 6.58 Å². The molecular weight excluding hydrogens is 272 g/mol. The first-order chi connectivity index (χ1) is 10.8. The van der Waals surface area contributed by atoms with Gasteiger partial charge in [0.15, 0.2) is 0 Å². The van der Waals surface area contributed by atoms with Crippen molar-refractivity contribution in [3.05, 3.63) is 84.4 Å². The van der Waals surface area contributed by atoms with Crippen molar-refractivity contribution in [2.24, 2.45) is 5.92 Å². The predicted molar refractivity (Wildman–Crippen MR) is 90.4 cm³/mol. The number of aliphatic hydroxyl groups is 1. The highest BCUT2D eigenvalue weighted by molar-refractivity contribution is 5.19. The molecule has 0 saturated heterocycles. The van der Waals surface area contributed by atoms with Crippen molar-refractivity contribution in [1.82, 2.24) is 0 Å². The van der Waals surface area contributed by atoms with Gasteiger partial charge in [0.1, 0.15) is 0 Å². The van der Waals surface area contributed by atoms with Crippen LogP contribution in [0.2, 0.25) is 0 Å². The average Bonchev–Trinajstić information content (AvgIpc) is 2.59. The van der Waals surface area contributed by atoms with Gasteiger partial charge in [-0.05, 0) is 24.0 Å². The Morgan fingerprint density at radius 1 is 1.00 bits per heavy atom. The van der Waals surface area contributed by atoms with Crippen molar-refractivity contribution < 1.29 is 9.84 Å². The molecule has 0 aromatic heterocycles. The summed E-state index contributed by atoms with van der Waals surface area (Å²) < 4.78 is 5.68. The molecule has 2 heteroatoms. The number of hydrogen-bond donors (Lipinski definition) is 1. The number of ether oxygens (including phenoxy) is 1. The van der Waals surface area contributed by atoms with Crippen molar-refractivity contribution >= 4 is 0 Å². The molecule has 0 aliphatic carbocycles. The molecule has 0 fully saturated rings. The zero-order valence-corrected chi connectivity index (χ0v) is 12.9. The second-order valence-electron chi connectivity index (χ2n) is 5.44. The van der Waals surface area contributed by atoms with E-state index in [4.69, 9.17) is 4.74 Å². The van der Waals surface area contributed by atoms with E-state index in [1.165, 1.54) is 5.56 Å². The predicted octanol–water partition coefficient (Wildman–Crippen LogP) is 4.52. The van der Waals surface area contributed by atoms with Gasteiger partial charge in [0.2, 0.25) is 0 Å². The molecule has 1 N–H and O–H groups in total. The van der Waals surface area contributed by atoms with Crippen LogP contribution in [0, 0.1) is 5.92 Å². The Labute approximate surface area is 133 Å². The van der Waals surface area contributed by atoms with E-state index in [1.807, 2.05) is 54.6 Å². The molecule has 0 radical (unpaired) electrons. The molecule has 0 heterocycles. The molecule has 22 heavy (non-hydrogen) atoms. The number of rotatable bonds is 9. The standard InChI is InChI=1S/C20H24O2/c1-2-18(20(21)19-12-7-4-8-13-19)14-9-15-22-16-17-10-5-3-6-11-17/h2-8,10-13,18,20-21H,1,9,14-16H2/t18-,20-/m0/s1. The Morgan fingerprint density at radius 3 is 2.27 bits per heavy atom. The van der Waals surface area contributed by atoms with Crippen LogP contribution in [0.3, 0.4) is 0 Å². The van der Waals surface area contributed by atoms with Crippen LogP contribution in [-0.4, -0.2) is 11.7 Å². The quantitative estimate of drug-likeness (QED) is 0.544. The number of aliphatic hydroxyl groups excluding tert-OH is 1. The monoisotopic (exact) mass is 296 g/mol. The van der Waals surface area contributed by atoms with E-state index < -0.39 is 6.10 Å². The maximum Gasteiger partial charge on any atom is 0.0852 e. The van der Waals surface area contributed by atoms with Crippen molar-refractivity contribution in [1.29, 1.82) is 0 Å². The van der Waals surface area contributed by atoms with Gasteiger partial charge in [-0.3, -0.25) is 0 Å². The summed E-state index contributed by atoms with van der Waals surface area (Å²) >= 11 is 0. The average molecular weight is 296 g/mol. The minimum Gasteiger partial charge on any atom is -0.388 e. The van der Waals surface area contributed by atoms with Crippen LogP contribution in [0.15, 0.2) is 73.3 Å². The normalized spacial score (nSPS) is 13.5. The molecule has 116 valence electrons. The SMILES string of the molecule is C=C[C@@H](CCCOCc1ccccc1)[C@H](O)c1ccccc1. The zero-order chi connectivity index (χ0) is 15.6. The third-order valence-electron chi connectivity index (χ3n) is 3.79. The third kappa shape index (κ3) is 5.14. The first-order valence-corrected chi connectivity index (χ1v) is 7.78. The fourth-order valence-corrected chi connectivity index (χ4v) is 2.49. The van der Waals surface area contributed by atoms with Crippen molar-refractivity contribution in [2.45, 2.75) is 25.6 Å². The summed E-state index contributed by atoms with van der Waals surface area (Å²) in [5, 5.41) is 10.4. The largest absolute Gasteiger partial charge is 0.388 e. The Kier molecular flexibility index (Phi) is 6.88. The highest BCUT2D eigenvalue weighted by Gasteiger charge is 2.17. The summed E-state index contributed by atoms with van der Waals surface area (Å²) in [5.74, 6) is 0.0581. The Balaban J connectivity index is 1.71. The van der Waals surface area contributed by atoms with Crippen LogP contribution in [0.5, 0.6) is 0 Å². The lowest BCUT2D eigenvalue weighted by Crippen LogP contribution is -2.11. The lowest BCUT2D eigenvalue weighted by atomic mass is 9.92. The van der Waals surface area contributed by atoms with Crippen LogP contribution in [-0.2, 0) is 11.3 Å². The topological polar surface area (TPSA) is 29.5 Å². The molecule has 0 bridgehead atoms. The lowest BCUT2D eigenvalue weighted by Gasteiger charge is -2.20. The van der Waals surface area contributed by atoms with Crippen LogP contribution in [0.1, 0.15) is 30.1 Å².